The molecule has 20 heavy (non-hydrogen) atoms. The van der Waals surface area contributed by atoms with Crippen LogP contribution in [-0.2, 0) is 15.9 Å². The Labute approximate surface area is 125 Å². The highest BCUT2D eigenvalue weighted by Crippen LogP contribution is 2.28. The molecule has 0 spiro atoms. The molecule has 1 aromatic rings. The van der Waals surface area contributed by atoms with E-state index < -0.39 is 22.7 Å². The van der Waals surface area contributed by atoms with Gasteiger partial charge in [0.1, 0.15) is 6.54 Å². The zero-order valence-corrected chi connectivity index (χ0v) is 13.0. The SMILES string of the molecule is Cc1c(CCl)cc(Cl)cc1S(=O)(=O)N(C)CC(F)(F)F. The van der Waals surface area contributed by atoms with Crippen LogP contribution >= 0.6 is 23.2 Å². The summed E-state index contributed by atoms with van der Waals surface area (Å²) in [5.74, 6) is 0.0118. The second kappa shape index (κ2) is 6.09. The lowest BCUT2D eigenvalue weighted by atomic mass is 10.1. The van der Waals surface area contributed by atoms with Crippen molar-refractivity contribution < 1.29 is 21.6 Å². The molecule has 0 radical (unpaired) electrons. The van der Waals surface area contributed by atoms with Crippen LogP contribution in [0.3, 0.4) is 0 Å². The maximum atomic E-state index is 12.3. The van der Waals surface area contributed by atoms with Crippen LogP contribution in [0.2, 0.25) is 5.02 Å². The molecule has 0 saturated carbocycles. The van der Waals surface area contributed by atoms with Gasteiger partial charge in [-0.25, -0.2) is 8.42 Å². The molecule has 0 aliphatic rings. The Bertz CT molecular complexity index is 602. The average Bonchev–Trinajstić information content (AvgIpc) is 2.29. The molecule has 3 nitrogen and oxygen atoms in total. The van der Waals surface area contributed by atoms with E-state index in [2.05, 4.69) is 0 Å². The summed E-state index contributed by atoms with van der Waals surface area (Å²) >= 11 is 11.4. The first-order valence-corrected chi connectivity index (χ1v) is 7.72. The van der Waals surface area contributed by atoms with Gasteiger partial charge in [0.15, 0.2) is 0 Å². The highest BCUT2D eigenvalue weighted by atomic mass is 35.5. The summed E-state index contributed by atoms with van der Waals surface area (Å²) in [6.45, 7) is -0.0974. The summed E-state index contributed by atoms with van der Waals surface area (Å²) in [6, 6.07) is 2.60. The van der Waals surface area contributed by atoms with Crippen molar-refractivity contribution >= 4 is 33.2 Å². The van der Waals surface area contributed by atoms with Crippen LogP contribution in [0.4, 0.5) is 13.2 Å². The Balaban J connectivity index is 3.32. The first kappa shape index (κ1) is 17.6. The molecule has 0 unspecified atom stereocenters. The molecule has 114 valence electrons. The van der Waals surface area contributed by atoms with Gasteiger partial charge in [0.2, 0.25) is 10.0 Å². The number of alkyl halides is 4. The fourth-order valence-corrected chi connectivity index (χ4v) is 3.65. The first-order chi connectivity index (χ1) is 8.99. The van der Waals surface area contributed by atoms with Gasteiger partial charge >= 0.3 is 6.18 Å². The van der Waals surface area contributed by atoms with Crippen molar-refractivity contribution in [1.82, 2.24) is 4.31 Å². The molecule has 0 atom stereocenters. The van der Waals surface area contributed by atoms with Crippen LogP contribution in [0.5, 0.6) is 0 Å². The number of nitrogens with zero attached hydrogens (tertiary/aromatic N) is 1. The Morgan fingerprint density at radius 2 is 1.85 bits per heavy atom. The third-order valence-corrected chi connectivity index (χ3v) is 5.10. The Morgan fingerprint density at radius 1 is 1.30 bits per heavy atom. The zero-order valence-electron chi connectivity index (χ0n) is 10.6. The summed E-state index contributed by atoms with van der Waals surface area (Å²) in [6.07, 6.45) is -4.62. The summed E-state index contributed by atoms with van der Waals surface area (Å²) in [7, 11) is -3.42. The van der Waals surface area contributed by atoms with E-state index in [0.29, 0.717) is 11.1 Å². The molecule has 0 aliphatic carbocycles. The van der Waals surface area contributed by atoms with Crippen molar-refractivity contribution in [3.8, 4) is 0 Å². The van der Waals surface area contributed by atoms with Crippen molar-refractivity contribution in [3.63, 3.8) is 0 Å². The van der Waals surface area contributed by atoms with Crippen LogP contribution in [-0.4, -0.2) is 32.5 Å². The van der Waals surface area contributed by atoms with E-state index >= 15 is 0 Å². The lowest BCUT2D eigenvalue weighted by Crippen LogP contribution is -2.36. The van der Waals surface area contributed by atoms with Gasteiger partial charge in [-0.3, -0.25) is 0 Å². The van der Waals surface area contributed by atoms with Gasteiger partial charge in [-0.1, -0.05) is 11.6 Å². The number of benzene rings is 1. The minimum absolute atomic E-state index is 0.0118. The molecule has 0 bridgehead atoms. The van der Waals surface area contributed by atoms with Crippen LogP contribution in [0, 0.1) is 6.92 Å². The lowest BCUT2D eigenvalue weighted by molar-refractivity contribution is -0.134. The Morgan fingerprint density at radius 3 is 2.30 bits per heavy atom. The van der Waals surface area contributed by atoms with E-state index in [4.69, 9.17) is 23.2 Å². The van der Waals surface area contributed by atoms with E-state index in [1.54, 1.807) is 0 Å². The van der Waals surface area contributed by atoms with E-state index in [1.807, 2.05) is 0 Å². The normalized spacial score (nSPS) is 13.0. The highest BCUT2D eigenvalue weighted by molar-refractivity contribution is 7.89. The number of rotatable bonds is 4. The van der Waals surface area contributed by atoms with Crippen LogP contribution in [0.1, 0.15) is 11.1 Å². The molecule has 0 heterocycles. The maximum absolute atomic E-state index is 12.3. The second-order valence-electron chi connectivity index (χ2n) is 4.20. The molecule has 9 heteroatoms. The fraction of sp³-hybridized carbons (Fsp3) is 0.455. The minimum atomic E-state index is -4.62. The van der Waals surface area contributed by atoms with E-state index in [1.165, 1.54) is 13.0 Å². The molecule has 0 aromatic heterocycles. The molecule has 1 rings (SSSR count). The van der Waals surface area contributed by atoms with Gasteiger partial charge in [0.05, 0.1) is 4.90 Å². The van der Waals surface area contributed by atoms with E-state index in [-0.39, 0.29) is 20.1 Å². The average molecular weight is 350 g/mol. The lowest BCUT2D eigenvalue weighted by Gasteiger charge is -2.21. The van der Waals surface area contributed by atoms with Gasteiger partial charge in [0.25, 0.3) is 0 Å². The largest absolute Gasteiger partial charge is 0.402 e. The van der Waals surface area contributed by atoms with Crippen molar-refractivity contribution in [1.29, 1.82) is 0 Å². The number of hydrogen-bond acceptors (Lipinski definition) is 2. The maximum Gasteiger partial charge on any atom is 0.402 e. The van der Waals surface area contributed by atoms with Gasteiger partial charge in [0, 0.05) is 18.0 Å². The molecule has 0 N–H and O–H groups in total. The monoisotopic (exact) mass is 349 g/mol. The smallest absolute Gasteiger partial charge is 0.207 e. The van der Waals surface area contributed by atoms with Crippen LogP contribution < -0.4 is 0 Å². The molecule has 0 fully saturated rings. The number of hydrogen-bond donors (Lipinski definition) is 0. The molecule has 0 aliphatic heterocycles. The van der Waals surface area contributed by atoms with E-state index in [0.717, 1.165) is 13.1 Å². The van der Waals surface area contributed by atoms with Crippen molar-refractivity contribution in [2.75, 3.05) is 13.6 Å². The van der Waals surface area contributed by atoms with Crippen molar-refractivity contribution in [2.24, 2.45) is 0 Å². The predicted octanol–water partition coefficient (Wildman–Crippen LogP) is 3.57. The van der Waals surface area contributed by atoms with Crippen LogP contribution in [0.15, 0.2) is 17.0 Å². The Hall–Kier alpha value is -0.500. The van der Waals surface area contributed by atoms with Gasteiger partial charge in [-0.05, 0) is 30.2 Å². The number of sulfonamides is 1. The quantitative estimate of drug-likeness (QED) is 0.779. The summed E-state index contributed by atoms with van der Waals surface area (Å²) in [5, 5.41) is 0.102. The first-order valence-electron chi connectivity index (χ1n) is 5.37. The molecular formula is C11H12Cl2F3NO2S. The van der Waals surface area contributed by atoms with E-state index in [9.17, 15) is 21.6 Å². The minimum Gasteiger partial charge on any atom is -0.207 e. The Kier molecular flexibility index (Phi) is 5.34. The van der Waals surface area contributed by atoms with Crippen molar-refractivity contribution in [2.45, 2.75) is 23.9 Å². The van der Waals surface area contributed by atoms with Crippen molar-refractivity contribution in [3.05, 3.63) is 28.3 Å². The fourth-order valence-electron chi connectivity index (χ4n) is 1.62. The van der Waals surface area contributed by atoms with Crippen LogP contribution in [0.25, 0.3) is 0 Å². The third kappa shape index (κ3) is 4.00. The summed E-state index contributed by atoms with van der Waals surface area (Å²) in [5.41, 5.74) is 0.747. The summed E-state index contributed by atoms with van der Waals surface area (Å²) < 4.78 is 61.6. The van der Waals surface area contributed by atoms with Gasteiger partial charge in [-0.2, -0.15) is 17.5 Å². The highest BCUT2D eigenvalue weighted by Gasteiger charge is 2.35. The standard InChI is InChI=1S/C11H12Cl2F3NO2S/c1-7-8(5-12)3-9(13)4-10(7)20(18,19)17(2)6-11(14,15)16/h3-4H,5-6H2,1-2H3. The number of halogens is 5. The molecule has 0 saturated heterocycles. The molecular weight excluding hydrogens is 338 g/mol. The molecule has 0 amide bonds. The second-order valence-corrected chi connectivity index (χ2v) is 6.91. The third-order valence-electron chi connectivity index (χ3n) is 2.67. The summed E-state index contributed by atoms with van der Waals surface area (Å²) in [4.78, 5) is -0.271. The zero-order chi connectivity index (χ0) is 15.7. The topological polar surface area (TPSA) is 37.4 Å². The van der Waals surface area contributed by atoms with Gasteiger partial charge in [-0.15, -0.1) is 11.6 Å². The molecule has 1 aromatic carbocycles. The predicted molar refractivity (Wildman–Crippen MR) is 71.6 cm³/mol. The van der Waals surface area contributed by atoms with Gasteiger partial charge < -0.3 is 0 Å².